The number of H-pyrrole nitrogens is 1. The van der Waals surface area contributed by atoms with Crippen LogP contribution in [0, 0.1) is 23.7 Å². The van der Waals surface area contributed by atoms with Crippen LogP contribution >= 0.6 is 0 Å². The molecule has 20 heteroatoms. The molecule has 2 fully saturated rings. The molecule has 0 amide bonds. The summed E-state index contributed by atoms with van der Waals surface area (Å²) in [5.74, 6) is -4.23. The molecular formula is C44H58N2O18. The van der Waals surface area contributed by atoms with Gasteiger partial charge in [-0.3, -0.25) is 4.90 Å². The molecule has 2 saturated heterocycles. The van der Waals surface area contributed by atoms with Gasteiger partial charge in [0.05, 0.1) is 57.1 Å². The van der Waals surface area contributed by atoms with Gasteiger partial charge in [0.1, 0.15) is 48.8 Å². The van der Waals surface area contributed by atoms with Gasteiger partial charge in [0, 0.05) is 46.8 Å². The molecule has 9 N–H and O–H groups in total. The number of nitrogens with zero attached hydrogens (tertiary/aromatic N) is 1. The van der Waals surface area contributed by atoms with Crippen molar-refractivity contribution in [3.8, 4) is 0 Å². The second-order valence-corrected chi connectivity index (χ2v) is 16.5. The van der Waals surface area contributed by atoms with Crippen molar-refractivity contribution in [2.45, 2.75) is 99.3 Å². The molecule has 17 atom stereocenters. The molecule has 0 bridgehead atoms. The summed E-state index contributed by atoms with van der Waals surface area (Å²) in [7, 11) is 2.48. The Morgan fingerprint density at radius 3 is 1.78 bits per heavy atom. The standard InChI is InChI=1S/C44H58N2O18/c1-5-20-22(26(39(55)57-3)18-59-41(20)63-43-37(53)35(51)33(49)30(16-47)61-43)11-13-46-14-12-24-23-9-7-8-10-28(23)45-32(24)29(46)15-25-21(6-2)42(60-19-27(25)40(56)58-4)64-44-38(54)36(52)34(50)31(17-48)62-44/h5-10,18-22,25,29-31,33-38,41-45,47-54H,1-2,11-17H2,3-4H3/t20-,21-,22+,25+,29-,30+,31+,33+,34+,35-,36-,37+,38+,41+,42+,43-,44-/m0/s1. The first kappa shape index (κ1) is 47.7. The summed E-state index contributed by atoms with van der Waals surface area (Å²) in [6.07, 6.45) is -11.4. The monoisotopic (exact) mass is 902 g/mol. The van der Waals surface area contributed by atoms with E-state index in [9.17, 15) is 50.4 Å². The fourth-order valence-corrected chi connectivity index (χ4v) is 9.57. The van der Waals surface area contributed by atoms with Gasteiger partial charge in [0.15, 0.2) is 12.6 Å². The highest BCUT2D eigenvalue weighted by Crippen LogP contribution is 2.46. The predicted octanol–water partition coefficient (Wildman–Crippen LogP) is -0.856. The van der Waals surface area contributed by atoms with E-state index in [0.29, 0.717) is 25.9 Å². The van der Waals surface area contributed by atoms with Crippen molar-refractivity contribution in [2.24, 2.45) is 23.7 Å². The Labute approximate surface area is 368 Å². The average Bonchev–Trinajstić information content (AvgIpc) is 3.70. The Hall–Kier alpha value is -4.26. The summed E-state index contributed by atoms with van der Waals surface area (Å²) in [6.45, 7) is 7.58. The summed E-state index contributed by atoms with van der Waals surface area (Å²) in [4.78, 5) is 32.6. The number of rotatable bonds is 15. The summed E-state index contributed by atoms with van der Waals surface area (Å²) < 4.78 is 45.5. The van der Waals surface area contributed by atoms with Crippen molar-refractivity contribution in [1.82, 2.24) is 9.88 Å². The van der Waals surface area contributed by atoms with Crippen LogP contribution in [0.1, 0.15) is 30.1 Å². The lowest BCUT2D eigenvalue weighted by Crippen LogP contribution is -2.60. The van der Waals surface area contributed by atoms with Crippen LogP contribution in [0.25, 0.3) is 10.9 Å². The number of carbonyl (C=O) groups is 2. The molecule has 0 aliphatic carbocycles. The van der Waals surface area contributed by atoms with Gasteiger partial charge in [-0.1, -0.05) is 30.4 Å². The van der Waals surface area contributed by atoms with Crippen LogP contribution in [-0.2, 0) is 53.9 Å². The van der Waals surface area contributed by atoms with Crippen molar-refractivity contribution in [3.63, 3.8) is 0 Å². The molecule has 0 spiro atoms. The van der Waals surface area contributed by atoms with E-state index in [1.54, 1.807) is 12.2 Å². The van der Waals surface area contributed by atoms with Gasteiger partial charge in [0.2, 0.25) is 12.6 Å². The van der Waals surface area contributed by atoms with E-state index in [1.807, 2.05) is 24.3 Å². The first-order valence-electron chi connectivity index (χ1n) is 21.2. The number of fused-ring (bicyclic) bond motifs is 3. The largest absolute Gasteiger partial charge is 0.471 e. The Morgan fingerprint density at radius 2 is 1.27 bits per heavy atom. The quantitative estimate of drug-likeness (QED) is 0.0777. The average molecular weight is 903 g/mol. The van der Waals surface area contributed by atoms with Gasteiger partial charge >= 0.3 is 11.9 Å². The zero-order valence-corrected chi connectivity index (χ0v) is 35.4. The molecule has 0 radical (unpaired) electrons. The van der Waals surface area contributed by atoms with Crippen LogP contribution in [0.15, 0.2) is 73.2 Å². The number of aromatic amines is 1. The van der Waals surface area contributed by atoms with Crippen molar-refractivity contribution >= 4 is 22.8 Å². The summed E-state index contributed by atoms with van der Waals surface area (Å²) in [5.41, 5.74) is 3.22. The fourth-order valence-electron chi connectivity index (χ4n) is 9.57. The number of carbonyl (C=O) groups excluding carboxylic acids is 2. The third kappa shape index (κ3) is 9.12. The van der Waals surface area contributed by atoms with E-state index in [1.165, 1.54) is 26.7 Å². The van der Waals surface area contributed by atoms with E-state index in [2.05, 4.69) is 23.0 Å². The highest BCUT2D eigenvalue weighted by Gasteiger charge is 2.50. The van der Waals surface area contributed by atoms with E-state index in [4.69, 9.17) is 37.9 Å². The first-order valence-corrected chi connectivity index (χ1v) is 21.2. The van der Waals surface area contributed by atoms with Crippen LogP contribution in [-0.4, -0.2) is 177 Å². The number of methoxy groups -OCH3 is 2. The van der Waals surface area contributed by atoms with E-state index in [0.717, 1.165) is 22.2 Å². The molecular weight excluding hydrogens is 844 g/mol. The Balaban J connectivity index is 1.19. The highest BCUT2D eigenvalue weighted by atomic mass is 16.8. The third-order valence-electron chi connectivity index (χ3n) is 13.1. The van der Waals surface area contributed by atoms with Crippen molar-refractivity contribution in [2.75, 3.05) is 40.5 Å². The molecule has 1 aromatic heterocycles. The number of aliphatic hydroxyl groups excluding tert-OH is 8. The predicted molar refractivity (Wildman–Crippen MR) is 220 cm³/mol. The fraction of sp³-hybridized carbons (Fsp3) is 0.591. The smallest absolute Gasteiger partial charge is 0.337 e. The number of para-hydroxylation sites is 1. The maximum absolute atomic E-state index is 13.5. The Bertz CT molecular complexity index is 2040. The van der Waals surface area contributed by atoms with Gasteiger partial charge in [-0.15, -0.1) is 13.2 Å². The topological polar surface area (TPSA) is 289 Å². The van der Waals surface area contributed by atoms with Crippen LogP contribution in [0.4, 0.5) is 0 Å². The number of aromatic nitrogens is 1. The maximum atomic E-state index is 13.5. The lowest BCUT2D eigenvalue weighted by Gasteiger charge is -2.45. The van der Waals surface area contributed by atoms with Crippen LogP contribution in [0.3, 0.4) is 0 Å². The minimum Gasteiger partial charge on any atom is -0.471 e. The summed E-state index contributed by atoms with van der Waals surface area (Å²) in [6, 6.07) is 7.44. The maximum Gasteiger partial charge on any atom is 0.337 e. The molecule has 5 aliphatic heterocycles. The molecule has 20 nitrogen and oxygen atoms in total. The molecule has 5 aliphatic rings. The molecule has 0 unspecified atom stereocenters. The number of ether oxygens (including phenoxy) is 8. The Kier molecular flexibility index (Phi) is 15.3. The second kappa shape index (κ2) is 20.5. The molecule has 7 rings (SSSR count). The van der Waals surface area contributed by atoms with Gasteiger partial charge in [0.25, 0.3) is 0 Å². The van der Waals surface area contributed by atoms with Gasteiger partial charge in [-0.25, -0.2) is 9.59 Å². The van der Waals surface area contributed by atoms with Crippen LogP contribution in [0.5, 0.6) is 0 Å². The molecule has 6 heterocycles. The van der Waals surface area contributed by atoms with Gasteiger partial charge in [-0.2, -0.15) is 0 Å². The molecule has 352 valence electrons. The van der Waals surface area contributed by atoms with E-state index >= 15 is 0 Å². The minimum atomic E-state index is -1.73. The van der Waals surface area contributed by atoms with Crippen LogP contribution in [0.2, 0.25) is 0 Å². The second-order valence-electron chi connectivity index (χ2n) is 16.5. The van der Waals surface area contributed by atoms with Crippen molar-refractivity contribution < 1.29 is 88.3 Å². The number of benzene rings is 1. The van der Waals surface area contributed by atoms with Crippen LogP contribution < -0.4 is 0 Å². The molecule has 0 saturated carbocycles. The molecule has 64 heavy (non-hydrogen) atoms. The van der Waals surface area contributed by atoms with Crippen molar-refractivity contribution in [3.05, 3.63) is 84.5 Å². The van der Waals surface area contributed by atoms with E-state index in [-0.39, 0.29) is 17.6 Å². The zero-order chi connectivity index (χ0) is 46.0. The lowest BCUT2D eigenvalue weighted by atomic mass is 9.77. The summed E-state index contributed by atoms with van der Waals surface area (Å²) in [5, 5.41) is 83.8. The molecule has 1 aromatic carbocycles. The lowest BCUT2D eigenvalue weighted by molar-refractivity contribution is -0.339. The zero-order valence-electron chi connectivity index (χ0n) is 35.4. The minimum absolute atomic E-state index is 0.171. The molecule has 2 aromatic rings. The van der Waals surface area contributed by atoms with Gasteiger partial charge < -0.3 is 83.7 Å². The SMILES string of the molecule is C=C[C@@H]1[C@@H](O[C@@H]2O[C@H](CO)[C@@H](O)[C@H](O)[C@H]2O)OC=C(C(=O)OC)[C@@H]1CCN1CCc2c([nH]c3ccccc23)[C@@H]1C[C@H]1C(C(=O)OC)=CO[C@H](O[C@@H]2O[C@H](CO)[C@@H](O)[C@H](O)[C@H]2O)[C@H]1C=C. The normalized spacial score (nSPS) is 37.9. The van der Waals surface area contributed by atoms with Crippen molar-refractivity contribution in [1.29, 1.82) is 0 Å². The number of hydrogen-bond donors (Lipinski definition) is 9. The third-order valence-corrected chi connectivity index (χ3v) is 13.1. The number of nitrogens with one attached hydrogen (secondary N) is 1. The van der Waals surface area contributed by atoms with E-state index < -0.39 is 129 Å². The van der Waals surface area contributed by atoms with Gasteiger partial charge in [-0.05, 0) is 37.4 Å². The number of esters is 2. The Morgan fingerprint density at radius 1 is 0.750 bits per heavy atom. The number of aliphatic hydroxyl groups is 8. The highest BCUT2D eigenvalue weighted by molar-refractivity contribution is 5.89. The summed E-state index contributed by atoms with van der Waals surface area (Å²) >= 11 is 0. The number of hydrogen-bond acceptors (Lipinski definition) is 19. The first-order chi connectivity index (χ1) is 30.8.